The molecule has 1 rings (SSSR count). The van der Waals surface area contributed by atoms with Gasteiger partial charge in [-0.2, -0.15) is 0 Å². The lowest BCUT2D eigenvalue weighted by molar-refractivity contribution is 0.198. The number of phosphoric acid groups is 1. The molecular formula is C11H16NO6P. The highest BCUT2D eigenvalue weighted by Gasteiger charge is 2.19. The average molecular weight is 289 g/mol. The Morgan fingerprint density at radius 1 is 1.32 bits per heavy atom. The molecule has 0 atom stereocenters. The highest BCUT2D eigenvalue weighted by Crippen LogP contribution is 2.41. The van der Waals surface area contributed by atoms with Crippen molar-refractivity contribution < 1.29 is 28.4 Å². The Morgan fingerprint density at radius 2 is 1.95 bits per heavy atom. The molecular weight excluding hydrogens is 273 g/mol. The van der Waals surface area contributed by atoms with Gasteiger partial charge in [0.15, 0.2) is 11.5 Å². The van der Waals surface area contributed by atoms with Gasteiger partial charge in [-0.05, 0) is 18.6 Å². The van der Waals surface area contributed by atoms with E-state index in [4.69, 9.17) is 14.5 Å². The topological polar surface area (TPSA) is 105 Å². The Balaban J connectivity index is 2.67. The molecule has 3 N–H and O–H groups in total. The van der Waals surface area contributed by atoms with Gasteiger partial charge in [0, 0.05) is 6.54 Å². The van der Waals surface area contributed by atoms with E-state index in [0.717, 1.165) is 12.8 Å². The molecule has 0 spiro atoms. The molecule has 0 saturated heterocycles. The summed E-state index contributed by atoms with van der Waals surface area (Å²) in [6, 6.07) is 5.74. The van der Waals surface area contributed by atoms with Crippen molar-refractivity contribution in [1.29, 1.82) is 0 Å². The van der Waals surface area contributed by atoms with Gasteiger partial charge in [-0.15, -0.1) is 0 Å². The molecule has 1 amide bonds. The molecule has 106 valence electrons. The van der Waals surface area contributed by atoms with Crippen LogP contribution in [-0.2, 0) is 4.57 Å². The van der Waals surface area contributed by atoms with Crippen molar-refractivity contribution in [3.05, 3.63) is 24.3 Å². The third-order valence-corrected chi connectivity index (χ3v) is 2.50. The first-order valence-corrected chi connectivity index (χ1v) is 7.25. The third-order valence-electron chi connectivity index (χ3n) is 2.07. The van der Waals surface area contributed by atoms with E-state index in [0.29, 0.717) is 6.54 Å². The van der Waals surface area contributed by atoms with Gasteiger partial charge in [-0.3, -0.25) is 9.79 Å². The second-order valence-corrected chi connectivity index (χ2v) is 4.86. The zero-order valence-electron chi connectivity index (χ0n) is 10.4. The van der Waals surface area contributed by atoms with Crippen LogP contribution in [0.2, 0.25) is 0 Å². The standard InChI is InChI=1S/C11H16NO6P/c1-2-3-8-12-11(13)17-9-6-4-5-7-10(9)18-19(14,15)16/h4-7H,2-3,8H2,1H3,(H,12,13)(H2,14,15,16). The molecule has 8 heteroatoms. The number of phosphoric ester groups is 1. The number of carbonyl (C=O) groups excluding carboxylic acids is 1. The zero-order valence-corrected chi connectivity index (χ0v) is 11.3. The summed E-state index contributed by atoms with van der Waals surface area (Å²) in [5, 5.41) is 2.51. The van der Waals surface area contributed by atoms with Crippen LogP contribution in [0, 0.1) is 0 Å². The van der Waals surface area contributed by atoms with Crippen LogP contribution in [0.3, 0.4) is 0 Å². The van der Waals surface area contributed by atoms with Crippen molar-refractivity contribution >= 4 is 13.9 Å². The Morgan fingerprint density at radius 3 is 2.53 bits per heavy atom. The summed E-state index contributed by atoms with van der Waals surface area (Å²) in [5.41, 5.74) is 0. The van der Waals surface area contributed by atoms with E-state index in [1.165, 1.54) is 18.2 Å². The first-order valence-electron chi connectivity index (χ1n) is 5.72. The summed E-state index contributed by atoms with van der Waals surface area (Å²) in [6.45, 7) is 2.45. The minimum Gasteiger partial charge on any atom is -0.406 e. The third kappa shape index (κ3) is 6.24. The highest BCUT2D eigenvalue weighted by molar-refractivity contribution is 7.46. The van der Waals surface area contributed by atoms with Crippen molar-refractivity contribution in [3.8, 4) is 11.5 Å². The normalized spacial score (nSPS) is 10.9. The monoisotopic (exact) mass is 289 g/mol. The average Bonchev–Trinajstić information content (AvgIpc) is 2.30. The number of para-hydroxylation sites is 2. The molecule has 0 bridgehead atoms. The molecule has 7 nitrogen and oxygen atoms in total. The van der Waals surface area contributed by atoms with Gasteiger partial charge >= 0.3 is 13.9 Å². The van der Waals surface area contributed by atoms with Crippen LogP contribution in [0.15, 0.2) is 24.3 Å². The second-order valence-electron chi connectivity index (χ2n) is 3.70. The van der Waals surface area contributed by atoms with Crippen LogP contribution < -0.4 is 14.6 Å². The fourth-order valence-electron chi connectivity index (χ4n) is 1.24. The van der Waals surface area contributed by atoms with E-state index >= 15 is 0 Å². The first kappa shape index (κ1) is 15.5. The van der Waals surface area contributed by atoms with E-state index in [1.807, 2.05) is 6.92 Å². The number of carbonyl (C=O) groups is 1. The Kier molecular flexibility index (Phi) is 5.82. The number of ether oxygens (including phenoxy) is 1. The van der Waals surface area contributed by atoms with E-state index in [1.54, 1.807) is 6.07 Å². The molecule has 1 aromatic rings. The largest absolute Gasteiger partial charge is 0.524 e. The molecule has 0 aliphatic heterocycles. The molecule has 19 heavy (non-hydrogen) atoms. The van der Waals surface area contributed by atoms with Crippen LogP contribution >= 0.6 is 7.82 Å². The lowest BCUT2D eigenvalue weighted by Gasteiger charge is -2.12. The Labute approximate surface area is 110 Å². The maximum absolute atomic E-state index is 11.4. The quantitative estimate of drug-likeness (QED) is 0.546. The fraction of sp³-hybridized carbons (Fsp3) is 0.364. The molecule has 0 aliphatic carbocycles. The zero-order chi connectivity index (χ0) is 14.3. The summed E-state index contributed by atoms with van der Waals surface area (Å²) in [4.78, 5) is 28.9. The van der Waals surface area contributed by atoms with E-state index < -0.39 is 13.9 Å². The second kappa shape index (κ2) is 7.13. The molecule has 0 radical (unpaired) electrons. The summed E-state index contributed by atoms with van der Waals surface area (Å²) in [6.07, 6.45) is 1.05. The first-order chi connectivity index (χ1) is 8.92. The lowest BCUT2D eigenvalue weighted by Crippen LogP contribution is -2.27. The number of benzene rings is 1. The van der Waals surface area contributed by atoms with Crippen molar-refractivity contribution in [2.24, 2.45) is 0 Å². The predicted octanol–water partition coefficient (Wildman–Crippen LogP) is 2.05. The molecule has 0 aliphatic rings. The fourth-order valence-corrected chi connectivity index (χ4v) is 1.65. The van der Waals surface area contributed by atoms with Gasteiger partial charge in [-0.1, -0.05) is 25.5 Å². The molecule has 0 fully saturated rings. The van der Waals surface area contributed by atoms with Gasteiger partial charge in [0.25, 0.3) is 0 Å². The number of nitrogens with one attached hydrogen (secondary N) is 1. The van der Waals surface area contributed by atoms with Crippen molar-refractivity contribution in [3.63, 3.8) is 0 Å². The smallest absolute Gasteiger partial charge is 0.406 e. The molecule has 1 aromatic carbocycles. The van der Waals surface area contributed by atoms with Crippen LogP contribution in [0.1, 0.15) is 19.8 Å². The maximum atomic E-state index is 11.4. The SMILES string of the molecule is CCCCNC(=O)Oc1ccccc1OP(=O)(O)O. The van der Waals surface area contributed by atoms with Crippen LogP contribution in [0.4, 0.5) is 4.79 Å². The summed E-state index contributed by atoms with van der Waals surface area (Å²) >= 11 is 0. The Bertz CT molecular complexity index is 472. The Hall–Kier alpha value is -1.56. The summed E-state index contributed by atoms with van der Waals surface area (Å²) in [5.74, 6) is -0.249. The van der Waals surface area contributed by atoms with Crippen molar-refractivity contribution in [2.75, 3.05) is 6.54 Å². The lowest BCUT2D eigenvalue weighted by atomic mass is 10.3. The van der Waals surface area contributed by atoms with Gasteiger partial charge in [-0.25, -0.2) is 9.36 Å². The summed E-state index contributed by atoms with van der Waals surface area (Å²) in [7, 11) is -4.70. The molecule has 0 aromatic heterocycles. The van der Waals surface area contributed by atoms with E-state index in [9.17, 15) is 9.36 Å². The predicted molar refractivity (Wildman–Crippen MR) is 68.0 cm³/mol. The van der Waals surface area contributed by atoms with Crippen molar-refractivity contribution in [2.45, 2.75) is 19.8 Å². The van der Waals surface area contributed by atoms with Crippen LogP contribution in [0.5, 0.6) is 11.5 Å². The van der Waals surface area contributed by atoms with Gasteiger partial charge < -0.3 is 14.6 Å². The van der Waals surface area contributed by atoms with Gasteiger partial charge in [0.05, 0.1) is 0 Å². The van der Waals surface area contributed by atoms with Gasteiger partial charge in [0.2, 0.25) is 0 Å². The maximum Gasteiger partial charge on any atom is 0.524 e. The van der Waals surface area contributed by atoms with Crippen molar-refractivity contribution in [1.82, 2.24) is 5.32 Å². The molecule has 0 heterocycles. The summed E-state index contributed by atoms with van der Waals surface area (Å²) < 4.78 is 20.1. The molecule has 0 saturated carbocycles. The molecule has 0 unspecified atom stereocenters. The number of rotatable bonds is 6. The number of hydrogen-bond donors (Lipinski definition) is 3. The highest BCUT2D eigenvalue weighted by atomic mass is 31.2. The number of hydrogen-bond acceptors (Lipinski definition) is 4. The van der Waals surface area contributed by atoms with Crippen LogP contribution in [-0.4, -0.2) is 22.4 Å². The number of unbranched alkanes of at least 4 members (excludes halogenated alkanes) is 1. The van der Waals surface area contributed by atoms with Crippen LogP contribution in [0.25, 0.3) is 0 Å². The minimum absolute atomic E-state index is 0.0557. The van der Waals surface area contributed by atoms with Gasteiger partial charge in [0.1, 0.15) is 0 Å². The number of amides is 1. The van der Waals surface area contributed by atoms with E-state index in [2.05, 4.69) is 9.84 Å². The van der Waals surface area contributed by atoms with E-state index in [-0.39, 0.29) is 11.5 Å². The minimum atomic E-state index is -4.70.